The van der Waals surface area contributed by atoms with Gasteiger partial charge in [0, 0.05) is 59.1 Å². The number of ether oxygens (including phenoxy) is 1. The summed E-state index contributed by atoms with van der Waals surface area (Å²) in [5, 5.41) is 6.83. The number of aliphatic imine (C=N–C) groups is 1. The molecule has 0 aliphatic carbocycles. The van der Waals surface area contributed by atoms with E-state index in [0.29, 0.717) is 0 Å². The van der Waals surface area contributed by atoms with E-state index in [9.17, 15) is 0 Å². The lowest BCUT2D eigenvalue weighted by molar-refractivity contribution is 0.0389. The number of aryl methyl sites for hydroxylation is 1. The Hall–Kier alpha value is -1.79. The van der Waals surface area contributed by atoms with Gasteiger partial charge in [0.15, 0.2) is 5.96 Å². The first-order valence-corrected chi connectivity index (χ1v) is 9.34. The molecule has 2 N–H and O–H groups in total. The van der Waals surface area contributed by atoms with Crippen molar-refractivity contribution in [1.29, 1.82) is 0 Å². The third-order valence-corrected chi connectivity index (χ3v) is 5.00. The molecule has 3 rings (SSSR count). The number of morpholine rings is 1. The third kappa shape index (κ3) is 5.09. The summed E-state index contributed by atoms with van der Waals surface area (Å²) in [5.74, 6) is 0.864. The maximum atomic E-state index is 5.38. The summed E-state index contributed by atoms with van der Waals surface area (Å²) in [6, 6.07) is 6.80. The van der Waals surface area contributed by atoms with Gasteiger partial charge in [0.05, 0.1) is 13.2 Å². The van der Waals surface area contributed by atoms with E-state index in [2.05, 4.69) is 50.7 Å². The van der Waals surface area contributed by atoms with Crippen LogP contribution in [0, 0.1) is 0 Å². The van der Waals surface area contributed by atoms with Crippen LogP contribution in [0.3, 0.4) is 0 Å². The molecular formula is C19H31N5O. The van der Waals surface area contributed by atoms with Crippen molar-refractivity contribution in [2.75, 3.05) is 64.9 Å². The van der Waals surface area contributed by atoms with Gasteiger partial charge in [-0.05, 0) is 30.0 Å². The summed E-state index contributed by atoms with van der Waals surface area (Å²) >= 11 is 0. The zero-order valence-corrected chi connectivity index (χ0v) is 15.6. The minimum Gasteiger partial charge on any atom is -0.379 e. The molecule has 0 amide bonds. The molecule has 0 saturated carbocycles. The first-order chi connectivity index (χ1) is 12.3. The van der Waals surface area contributed by atoms with Crippen LogP contribution < -0.4 is 15.5 Å². The molecule has 1 aromatic carbocycles. The first kappa shape index (κ1) is 18.0. The van der Waals surface area contributed by atoms with Gasteiger partial charge in [-0.2, -0.15) is 0 Å². The Morgan fingerprint density at radius 1 is 1.20 bits per heavy atom. The Bertz CT molecular complexity index is 583. The monoisotopic (exact) mass is 345 g/mol. The Morgan fingerprint density at radius 2 is 2.04 bits per heavy atom. The van der Waals surface area contributed by atoms with Crippen LogP contribution in [0.5, 0.6) is 0 Å². The molecule has 1 saturated heterocycles. The number of anilines is 1. The number of nitrogens with zero attached hydrogens (tertiary/aromatic N) is 3. The van der Waals surface area contributed by atoms with Crippen molar-refractivity contribution in [1.82, 2.24) is 15.5 Å². The van der Waals surface area contributed by atoms with Gasteiger partial charge < -0.3 is 20.3 Å². The average Bonchev–Trinajstić information content (AvgIpc) is 2.65. The molecule has 0 radical (unpaired) electrons. The van der Waals surface area contributed by atoms with Crippen molar-refractivity contribution in [2.24, 2.45) is 4.99 Å². The van der Waals surface area contributed by atoms with Crippen LogP contribution >= 0.6 is 0 Å². The van der Waals surface area contributed by atoms with Crippen LogP contribution in [0.4, 0.5) is 5.69 Å². The molecule has 2 aliphatic rings. The fourth-order valence-electron chi connectivity index (χ4n) is 3.51. The maximum Gasteiger partial charge on any atom is 0.191 e. The van der Waals surface area contributed by atoms with Gasteiger partial charge in [0.25, 0.3) is 0 Å². The van der Waals surface area contributed by atoms with Crippen molar-refractivity contribution < 1.29 is 4.74 Å². The van der Waals surface area contributed by atoms with Crippen LogP contribution in [0.15, 0.2) is 23.2 Å². The molecule has 1 fully saturated rings. The van der Waals surface area contributed by atoms with E-state index in [1.54, 1.807) is 0 Å². The highest BCUT2D eigenvalue weighted by Crippen LogP contribution is 2.26. The minimum atomic E-state index is 0.800. The predicted molar refractivity (Wildman–Crippen MR) is 103 cm³/mol. The van der Waals surface area contributed by atoms with Gasteiger partial charge in [0.2, 0.25) is 0 Å². The largest absolute Gasteiger partial charge is 0.379 e. The molecule has 6 nitrogen and oxygen atoms in total. The number of nitrogens with one attached hydrogen (secondary N) is 2. The van der Waals surface area contributed by atoms with Crippen molar-refractivity contribution in [3.63, 3.8) is 0 Å². The van der Waals surface area contributed by atoms with Crippen LogP contribution in [0.2, 0.25) is 0 Å². The lowest BCUT2D eigenvalue weighted by Crippen LogP contribution is -2.44. The molecule has 2 aliphatic heterocycles. The van der Waals surface area contributed by atoms with E-state index in [1.165, 1.54) is 29.7 Å². The lowest BCUT2D eigenvalue weighted by Gasteiger charge is -2.28. The maximum absolute atomic E-state index is 5.38. The van der Waals surface area contributed by atoms with E-state index in [0.717, 1.165) is 58.4 Å². The SMILES string of the molecule is CN=C(NCCN1CCOCC1)NCc1ccc2c(c1)CCCN2C. The second kappa shape index (κ2) is 9.06. The number of hydrogen-bond acceptors (Lipinski definition) is 4. The van der Waals surface area contributed by atoms with E-state index < -0.39 is 0 Å². The zero-order valence-electron chi connectivity index (χ0n) is 15.6. The third-order valence-electron chi connectivity index (χ3n) is 5.00. The Kier molecular flexibility index (Phi) is 6.53. The lowest BCUT2D eigenvalue weighted by atomic mass is 9.99. The number of fused-ring (bicyclic) bond motifs is 1. The summed E-state index contributed by atoms with van der Waals surface area (Å²) in [6.45, 7) is 7.62. The normalized spacial score (nSPS) is 18.8. The quantitative estimate of drug-likeness (QED) is 0.618. The Morgan fingerprint density at radius 3 is 2.84 bits per heavy atom. The summed E-state index contributed by atoms with van der Waals surface area (Å²) in [7, 11) is 4.00. The summed E-state index contributed by atoms with van der Waals surface area (Å²) < 4.78 is 5.38. The van der Waals surface area contributed by atoms with Gasteiger partial charge in [0.1, 0.15) is 0 Å². The predicted octanol–water partition coefficient (Wildman–Crippen LogP) is 1.07. The molecule has 0 bridgehead atoms. The highest BCUT2D eigenvalue weighted by atomic mass is 16.5. The molecule has 0 atom stereocenters. The molecule has 2 heterocycles. The van der Waals surface area contributed by atoms with Crippen molar-refractivity contribution in [3.05, 3.63) is 29.3 Å². The van der Waals surface area contributed by atoms with Gasteiger partial charge in [-0.25, -0.2) is 0 Å². The summed E-state index contributed by atoms with van der Waals surface area (Å²) in [6.07, 6.45) is 2.42. The fraction of sp³-hybridized carbons (Fsp3) is 0.632. The van der Waals surface area contributed by atoms with Crippen molar-refractivity contribution in [2.45, 2.75) is 19.4 Å². The molecule has 138 valence electrons. The van der Waals surface area contributed by atoms with Crippen LogP contribution in [0.25, 0.3) is 0 Å². The Labute approximate surface area is 151 Å². The smallest absolute Gasteiger partial charge is 0.191 e. The number of hydrogen-bond donors (Lipinski definition) is 2. The average molecular weight is 345 g/mol. The van der Waals surface area contributed by atoms with E-state index >= 15 is 0 Å². The highest BCUT2D eigenvalue weighted by molar-refractivity contribution is 5.79. The molecule has 1 aromatic rings. The molecule has 0 unspecified atom stereocenters. The zero-order chi connectivity index (χ0) is 17.5. The van der Waals surface area contributed by atoms with Crippen molar-refractivity contribution >= 4 is 11.6 Å². The molecule has 25 heavy (non-hydrogen) atoms. The van der Waals surface area contributed by atoms with Gasteiger partial charge in [-0.15, -0.1) is 0 Å². The molecular weight excluding hydrogens is 314 g/mol. The molecule has 0 spiro atoms. The van der Waals surface area contributed by atoms with E-state index in [1.807, 2.05) is 7.05 Å². The van der Waals surface area contributed by atoms with Gasteiger partial charge in [-0.1, -0.05) is 12.1 Å². The van der Waals surface area contributed by atoms with Crippen molar-refractivity contribution in [3.8, 4) is 0 Å². The topological polar surface area (TPSA) is 52.1 Å². The molecule has 6 heteroatoms. The Balaban J connectivity index is 1.44. The second-order valence-corrected chi connectivity index (χ2v) is 6.79. The minimum absolute atomic E-state index is 0.800. The fourth-order valence-corrected chi connectivity index (χ4v) is 3.51. The summed E-state index contributed by atoms with van der Waals surface area (Å²) in [5.41, 5.74) is 4.15. The summed E-state index contributed by atoms with van der Waals surface area (Å²) in [4.78, 5) is 9.10. The number of benzene rings is 1. The highest BCUT2D eigenvalue weighted by Gasteiger charge is 2.14. The first-order valence-electron chi connectivity index (χ1n) is 9.34. The second-order valence-electron chi connectivity index (χ2n) is 6.79. The standard InChI is InChI=1S/C19H31N5O/c1-20-19(21-7-9-24-10-12-25-13-11-24)22-15-16-5-6-18-17(14-16)4-3-8-23(18)2/h5-6,14H,3-4,7-13,15H2,1-2H3,(H2,20,21,22). The van der Waals surface area contributed by atoms with Crippen LogP contribution in [-0.4, -0.2) is 70.9 Å². The van der Waals surface area contributed by atoms with Crippen LogP contribution in [0.1, 0.15) is 17.5 Å². The van der Waals surface area contributed by atoms with Gasteiger partial charge >= 0.3 is 0 Å². The van der Waals surface area contributed by atoms with E-state index in [-0.39, 0.29) is 0 Å². The van der Waals surface area contributed by atoms with E-state index in [4.69, 9.17) is 4.74 Å². The van der Waals surface area contributed by atoms with Gasteiger partial charge in [-0.3, -0.25) is 9.89 Å². The number of rotatable bonds is 5. The number of guanidine groups is 1. The van der Waals surface area contributed by atoms with Crippen LogP contribution in [-0.2, 0) is 17.7 Å². The molecule has 0 aromatic heterocycles.